The molecule has 0 unspecified atom stereocenters. The SMILES string of the molecule is c1ccc(-c2c3c(cc4c2c2ccc(-c5cccc6ccccc56)cc2n4-c2ccc(N(c4ccccc4)c4ccccc4)cc2)oc2ccccc23)cc1. The molecule has 0 N–H and O–H groups in total. The smallest absolute Gasteiger partial charge is 0.138 e. The molecule has 0 aliphatic carbocycles. The van der Waals surface area contributed by atoms with E-state index in [-0.39, 0.29) is 0 Å². The summed E-state index contributed by atoms with van der Waals surface area (Å²) in [7, 11) is 0. The summed E-state index contributed by atoms with van der Waals surface area (Å²) in [6.45, 7) is 0. The first-order valence-electron chi connectivity index (χ1n) is 18.8. The highest BCUT2D eigenvalue weighted by Gasteiger charge is 2.23. The summed E-state index contributed by atoms with van der Waals surface area (Å²) in [6.07, 6.45) is 0. The van der Waals surface area contributed by atoms with Gasteiger partial charge in [0.1, 0.15) is 11.2 Å². The van der Waals surface area contributed by atoms with Crippen molar-refractivity contribution in [2.24, 2.45) is 0 Å². The van der Waals surface area contributed by atoms with Crippen LogP contribution in [0.3, 0.4) is 0 Å². The Morgan fingerprint density at radius 1 is 0.382 bits per heavy atom. The molecule has 0 saturated heterocycles. The average molecular weight is 703 g/mol. The lowest BCUT2D eigenvalue weighted by molar-refractivity contribution is 0.669. The van der Waals surface area contributed by atoms with E-state index in [2.05, 4.69) is 210 Å². The van der Waals surface area contributed by atoms with Gasteiger partial charge in [-0.2, -0.15) is 0 Å². The van der Waals surface area contributed by atoms with E-state index >= 15 is 0 Å². The second-order valence-corrected chi connectivity index (χ2v) is 14.1. The Morgan fingerprint density at radius 3 is 1.75 bits per heavy atom. The highest BCUT2D eigenvalue weighted by molar-refractivity contribution is 6.27. The van der Waals surface area contributed by atoms with Gasteiger partial charge >= 0.3 is 0 Å². The minimum Gasteiger partial charge on any atom is -0.456 e. The van der Waals surface area contributed by atoms with Crippen LogP contribution in [0.15, 0.2) is 211 Å². The van der Waals surface area contributed by atoms with Gasteiger partial charge < -0.3 is 13.9 Å². The number of hydrogen-bond donors (Lipinski definition) is 0. The number of para-hydroxylation sites is 3. The lowest BCUT2D eigenvalue weighted by Crippen LogP contribution is -2.09. The molecule has 0 radical (unpaired) electrons. The third-order valence-electron chi connectivity index (χ3n) is 11.0. The Hall–Kier alpha value is -7.36. The lowest BCUT2D eigenvalue weighted by atomic mass is 9.93. The fourth-order valence-electron chi connectivity index (χ4n) is 8.55. The van der Waals surface area contributed by atoms with Gasteiger partial charge in [0.25, 0.3) is 0 Å². The minimum absolute atomic E-state index is 0.877. The van der Waals surface area contributed by atoms with Crippen LogP contribution in [0, 0.1) is 0 Å². The van der Waals surface area contributed by atoms with Gasteiger partial charge in [0.2, 0.25) is 0 Å². The van der Waals surface area contributed by atoms with Gasteiger partial charge in [-0.15, -0.1) is 0 Å². The van der Waals surface area contributed by atoms with E-state index < -0.39 is 0 Å². The number of nitrogens with zero attached hydrogens (tertiary/aromatic N) is 2. The molecule has 3 heteroatoms. The van der Waals surface area contributed by atoms with Crippen LogP contribution < -0.4 is 4.90 Å². The molecule has 0 aliphatic rings. The summed E-state index contributed by atoms with van der Waals surface area (Å²) in [5.74, 6) is 0. The van der Waals surface area contributed by atoms with Crippen LogP contribution in [0.4, 0.5) is 17.1 Å². The van der Waals surface area contributed by atoms with Gasteiger partial charge in [-0.05, 0) is 88.1 Å². The summed E-state index contributed by atoms with van der Waals surface area (Å²) in [6, 6.07) is 73.8. The molecule has 3 nitrogen and oxygen atoms in total. The summed E-state index contributed by atoms with van der Waals surface area (Å²) in [5, 5.41) is 7.15. The van der Waals surface area contributed by atoms with Crippen molar-refractivity contribution in [3.05, 3.63) is 206 Å². The monoisotopic (exact) mass is 702 g/mol. The van der Waals surface area contributed by atoms with E-state index in [4.69, 9.17) is 4.42 Å². The average Bonchev–Trinajstić information content (AvgIpc) is 3.79. The fourth-order valence-corrected chi connectivity index (χ4v) is 8.55. The molecule has 0 amide bonds. The number of benzene rings is 9. The van der Waals surface area contributed by atoms with Crippen LogP contribution in [-0.2, 0) is 0 Å². The first-order valence-corrected chi connectivity index (χ1v) is 18.8. The maximum absolute atomic E-state index is 6.68. The summed E-state index contributed by atoms with van der Waals surface area (Å²) >= 11 is 0. The van der Waals surface area contributed by atoms with Crippen LogP contribution in [0.1, 0.15) is 0 Å². The van der Waals surface area contributed by atoms with Crippen LogP contribution in [-0.4, -0.2) is 4.57 Å². The maximum Gasteiger partial charge on any atom is 0.138 e. The van der Waals surface area contributed by atoms with Crippen molar-refractivity contribution in [3.8, 4) is 27.9 Å². The molecule has 0 atom stereocenters. The number of furan rings is 1. The molecule has 11 aromatic rings. The molecule has 0 saturated carbocycles. The molecule has 9 aromatic carbocycles. The quantitative estimate of drug-likeness (QED) is 0.172. The van der Waals surface area contributed by atoms with E-state index in [1.165, 1.54) is 43.8 Å². The van der Waals surface area contributed by atoms with Gasteiger partial charge in [0.15, 0.2) is 0 Å². The molecule has 258 valence electrons. The fraction of sp³-hybridized carbons (Fsp3) is 0. The standard InChI is InChI=1S/C52H34N2O/c1-4-16-36(17-5-1)50-51-44-32-27-37(43-25-14-18-35-15-10-11-23-42(35)43)33-46(44)54(47(51)34-49-52(50)45-24-12-13-26-48(45)55-49)41-30-28-40(29-31-41)53(38-19-6-2-7-20-38)39-21-8-3-9-22-39/h1-34H. The van der Waals surface area contributed by atoms with Gasteiger partial charge in [-0.3, -0.25) is 0 Å². The molecular formula is C52H34N2O. The largest absolute Gasteiger partial charge is 0.456 e. The number of aromatic nitrogens is 1. The summed E-state index contributed by atoms with van der Waals surface area (Å²) in [4.78, 5) is 2.31. The van der Waals surface area contributed by atoms with Crippen molar-refractivity contribution < 1.29 is 4.42 Å². The van der Waals surface area contributed by atoms with E-state index in [9.17, 15) is 0 Å². The van der Waals surface area contributed by atoms with E-state index in [1.807, 2.05) is 6.07 Å². The van der Waals surface area contributed by atoms with Crippen LogP contribution in [0.25, 0.3) is 82.5 Å². The number of anilines is 3. The topological polar surface area (TPSA) is 21.3 Å². The Balaban J connectivity index is 1.21. The highest BCUT2D eigenvalue weighted by Crippen LogP contribution is 2.47. The highest BCUT2D eigenvalue weighted by atomic mass is 16.3. The summed E-state index contributed by atoms with van der Waals surface area (Å²) in [5.41, 5.74) is 13.2. The molecule has 0 fully saturated rings. The molecule has 0 bridgehead atoms. The first-order chi connectivity index (χ1) is 27.3. The summed E-state index contributed by atoms with van der Waals surface area (Å²) < 4.78 is 9.11. The Labute approximate surface area is 318 Å². The molecule has 11 rings (SSSR count). The second-order valence-electron chi connectivity index (χ2n) is 14.1. The Bertz CT molecular complexity index is 3130. The third-order valence-corrected chi connectivity index (χ3v) is 11.0. The van der Waals surface area contributed by atoms with Crippen molar-refractivity contribution in [3.63, 3.8) is 0 Å². The zero-order chi connectivity index (χ0) is 36.3. The van der Waals surface area contributed by atoms with Gasteiger partial charge in [0.05, 0.1) is 11.0 Å². The van der Waals surface area contributed by atoms with Gasteiger partial charge in [0, 0.05) is 55.9 Å². The molecular weight excluding hydrogens is 669 g/mol. The van der Waals surface area contributed by atoms with E-state index in [0.717, 1.165) is 55.7 Å². The second kappa shape index (κ2) is 12.6. The molecule has 0 aliphatic heterocycles. The van der Waals surface area contributed by atoms with Crippen LogP contribution >= 0.6 is 0 Å². The third kappa shape index (κ3) is 5.05. The van der Waals surface area contributed by atoms with Crippen LogP contribution in [0.5, 0.6) is 0 Å². The van der Waals surface area contributed by atoms with Crippen molar-refractivity contribution in [1.82, 2.24) is 4.57 Å². The van der Waals surface area contributed by atoms with Crippen molar-refractivity contribution in [2.45, 2.75) is 0 Å². The molecule has 2 heterocycles. The first kappa shape index (κ1) is 31.2. The number of rotatable bonds is 6. The van der Waals surface area contributed by atoms with Crippen molar-refractivity contribution in [1.29, 1.82) is 0 Å². The maximum atomic E-state index is 6.68. The Morgan fingerprint density at radius 2 is 1.00 bits per heavy atom. The normalized spacial score (nSPS) is 11.6. The van der Waals surface area contributed by atoms with Crippen molar-refractivity contribution >= 4 is 71.6 Å². The van der Waals surface area contributed by atoms with E-state index in [0.29, 0.717) is 0 Å². The van der Waals surface area contributed by atoms with Crippen LogP contribution in [0.2, 0.25) is 0 Å². The van der Waals surface area contributed by atoms with E-state index in [1.54, 1.807) is 0 Å². The lowest BCUT2D eigenvalue weighted by Gasteiger charge is -2.25. The molecule has 2 aromatic heterocycles. The van der Waals surface area contributed by atoms with Gasteiger partial charge in [-0.1, -0.05) is 140 Å². The predicted octanol–water partition coefficient (Wildman–Crippen LogP) is 14.6. The van der Waals surface area contributed by atoms with Gasteiger partial charge in [-0.25, -0.2) is 0 Å². The Kier molecular flexibility index (Phi) is 7.17. The predicted molar refractivity (Wildman–Crippen MR) is 231 cm³/mol. The zero-order valence-electron chi connectivity index (χ0n) is 29.9. The molecule has 55 heavy (non-hydrogen) atoms. The number of fused-ring (bicyclic) bond motifs is 7. The minimum atomic E-state index is 0.877. The number of hydrogen-bond acceptors (Lipinski definition) is 2. The zero-order valence-corrected chi connectivity index (χ0v) is 29.9. The van der Waals surface area contributed by atoms with Crippen molar-refractivity contribution in [2.75, 3.05) is 4.90 Å². The molecule has 0 spiro atoms.